The molecule has 0 saturated carbocycles. The fourth-order valence-corrected chi connectivity index (χ4v) is 3.80. The Balaban J connectivity index is 2.04. The number of carbonyl (C=O) groups is 2. The first-order valence-electron chi connectivity index (χ1n) is 9.12. The first-order valence-corrected chi connectivity index (χ1v) is 9.12. The minimum Gasteiger partial charge on any atom is -0.495 e. The van der Waals surface area contributed by atoms with Crippen LogP contribution in [0.2, 0.25) is 0 Å². The predicted octanol–water partition coefficient (Wildman–Crippen LogP) is 3.89. The van der Waals surface area contributed by atoms with Gasteiger partial charge in [-0.15, -0.1) is 0 Å². The van der Waals surface area contributed by atoms with E-state index in [0.717, 1.165) is 22.3 Å². The third-order valence-electron chi connectivity index (χ3n) is 4.90. The quantitative estimate of drug-likeness (QED) is 0.754. The number of benzene rings is 2. The second kappa shape index (κ2) is 7.76. The molecule has 6 nitrogen and oxygen atoms in total. The number of allylic oxidation sites excluding steroid dienone is 1. The molecule has 2 aromatic carbocycles. The van der Waals surface area contributed by atoms with Crippen LogP contribution in [0.5, 0.6) is 5.75 Å². The summed E-state index contributed by atoms with van der Waals surface area (Å²) in [6.45, 7) is 7.76. The Labute approximate surface area is 165 Å². The molecule has 0 bridgehead atoms. The van der Waals surface area contributed by atoms with E-state index in [-0.39, 0.29) is 11.9 Å². The predicted molar refractivity (Wildman–Crippen MR) is 109 cm³/mol. The molecule has 1 atom stereocenters. The third-order valence-corrected chi connectivity index (χ3v) is 4.90. The fourth-order valence-electron chi connectivity index (χ4n) is 3.80. The number of hydrogen-bond acceptors (Lipinski definition) is 3. The van der Waals surface area contributed by atoms with E-state index in [1.165, 1.54) is 0 Å². The maximum Gasteiger partial charge on any atom is 0.319 e. The summed E-state index contributed by atoms with van der Waals surface area (Å²) >= 11 is 0. The largest absolute Gasteiger partial charge is 0.495 e. The zero-order valence-electron chi connectivity index (χ0n) is 16.8. The summed E-state index contributed by atoms with van der Waals surface area (Å²) in [5, 5.41) is 8.54. The van der Waals surface area contributed by atoms with Crippen LogP contribution in [0.4, 0.5) is 10.5 Å². The Bertz CT molecular complexity index is 956. The van der Waals surface area contributed by atoms with Gasteiger partial charge in [0, 0.05) is 5.70 Å². The minimum atomic E-state index is -0.538. The molecular weight excluding hydrogens is 354 g/mol. The van der Waals surface area contributed by atoms with Gasteiger partial charge in [-0.3, -0.25) is 4.79 Å². The number of nitrogens with one attached hydrogen (secondary N) is 3. The summed E-state index contributed by atoms with van der Waals surface area (Å²) in [4.78, 5) is 25.4. The molecule has 28 heavy (non-hydrogen) atoms. The molecule has 0 radical (unpaired) electrons. The van der Waals surface area contributed by atoms with Gasteiger partial charge in [0.05, 0.1) is 24.4 Å². The van der Waals surface area contributed by atoms with Gasteiger partial charge in [0.1, 0.15) is 5.75 Å². The highest BCUT2D eigenvalue weighted by atomic mass is 16.5. The standard InChI is InChI=1S/C22H25N3O3/c1-12-10-13(2)18(14(3)11-12)20-19(15(4)23-22(27)25-20)21(26)24-16-8-6-7-9-17(16)28-5/h6-11,20H,1-5H3,(H,24,26)(H2,23,25,27)/t20-/m1/s1. The van der Waals surface area contributed by atoms with Gasteiger partial charge in [-0.2, -0.15) is 0 Å². The monoisotopic (exact) mass is 379 g/mol. The van der Waals surface area contributed by atoms with Crippen LogP contribution in [-0.4, -0.2) is 19.0 Å². The van der Waals surface area contributed by atoms with Crippen LogP contribution in [0.3, 0.4) is 0 Å². The molecule has 0 fully saturated rings. The highest BCUT2D eigenvalue weighted by molar-refractivity contribution is 6.07. The van der Waals surface area contributed by atoms with E-state index in [4.69, 9.17) is 4.74 Å². The van der Waals surface area contributed by atoms with Crippen LogP contribution in [-0.2, 0) is 4.79 Å². The average Bonchev–Trinajstić information content (AvgIpc) is 2.60. The number of amides is 3. The topological polar surface area (TPSA) is 79.5 Å². The molecule has 0 unspecified atom stereocenters. The Morgan fingerprint density at radius 2 is 1.71 bits per heavy atom. The van der Waals surface area contributed by atoms with Gasteiger partial charge >= 0.3 is 6.03 Å². The molecule has 0 spiro atoms. The van der Waals surface area contributed by atoms with Crippen molar-refractivity contribution in [2.45, 2.75) is 33.7 Å². The van der Waals surface area contributed by atoms with E-state index >= 15 is 0 Å². The van der Waals surface area contributed by atoms with Crippen LogP contribution >= 0.6 is 0 Å². The van der Waals surface area contributed by atoms with Crippen molar-refractivity contribution in [2.24, 2.45) is 0 Å². The fraction of sp³-hybridized carbons (Fsp3) is 0.273. The Hall–Kier alpha value is -3.28. The molecule has 3 N–H and O–H groups in total. The molecule has 1 heterocycles. The first kappa shape index (κ1) is 19.5. The molecule has 3 amide bonds. The molecule has 0 saturated heterocycles. The van der Waals surface area contributed by atoms with Gasteiger partial charge < -0.3 is 20.7 Å². The second-order valence-electron chi connectivity index (χ2n) is 7.04. The summed E-state index contributed by atoms with van der Waals surface area (Å²) in [6, 6.07) is 10.5. The molecule has 146 valence electrons. The zero-order valence-corrected chi connectivity index (χ0v) is 16.8. The van der Waals surface area contributed by atoms with Crippen molar-refractivity contribution in [3.63, 3.8) is 0 Å². The van der Waals surface area contributed by atoms with Gasteiger partial charge in [0.2, 0.25) is 0 Å². The summed E-state index contributed by atoms with van der Waals surface area (Å²) < 4.78 is 5.32. The van der Waals surface area contributed by atoms with Gasteiger partial charge in [0.15, 0.2) is 0 Å². The number of methoxy groups -OCH3 is 1. The Morgan fingerprint density at radius 1 is 1.07 bits per heavy atom. The van der Waals surface area contributed by atoms with Crippen LogP contribution in [0, 0.1) is 20.8 Å². The molecule has 0 aromatic heterocycles. The highest BCUT2D eigenvalue weighted by Crippen LogP contribution is 2.33. The number of urea groups is 1. The normalized spacial score (nSPS) is 16.3. The lowest BCUT2D eigenvalue weighted by atomic mass is 9.87. The van der Waals surface area contributed by atoms with Crippen LogP contribution in [0.15, 0.2) is 47.7 Å². The van der Waals surface area contributed by atoms with Crippen molar-refractivity contribution in [2.75, 3.05) is 12.4 Å². The zero-order chi connectivity index (χ0) is 20.4. The Kier molecular flexibility index (Phi) is 5.40. The molecule has 3 rings (SSSR count). The van der Waals surface area contributed by atoms with Crippen LogP contribution in [0.25, 0.3) is 0 Å². The summed E-state index contributed by atoms with van der Waals surface area (Å²) in [6.07, 6.45) is 0. The van der Waals surface area contributed by atoms with Gasteiger partial charge in [0.25, 0.3) is 5.91 Å². The van der Waals surface area contributed by atoms with E-state index in [2.05, 4.69) is 28.1 Å². The summed E-state index contributed by atoms with van der Waals surface area (Å²) in [5.41, 5.74) is 5.70. The number of ether oxygens (including phenoxy) is 1. The highest BCUT2D eigenvalue weighted by Gasteiger charge is 2.33. The van der Waals surface area contributed by atoms with Crippen molar-refractivity contribution in [3.8, 4) is 5.75 Å². The third kappa shape index (κ3) is 3.71. The van der Waals surface area contributed by atoms with Crippen molar-refractivity contribution >= 4 is 17.6 Å². The van der Waals surface area contributed by atoms with Crippen molar-refractivity contribution < 1.29 is 14.3 Å². The molecule has 0 aliphatic carbocycles. The molecule has 1 aliphatic rings. The molecule has 6 heteroatoms. The molecular formula is C22H25N3O3. The van der Waals surface area contributed by atoms with Gasteiger partial charge in [-0.05, 0) is 56.5 Å². The van der Waals surface area contributed by atoms with Crippen molar-refractivity contribution in [1.82, 2.24) is 10.6 Å². The van der Waals surface area contributed by atoms with Crippen molar-refractivity contribution in [3.05, 3.63) is 69.9 Å². The number of carbonyl (C=O) groups excluding carboxylic acids is 2. The minimum absolute atomic E-state index is 0.293. The van der Waals surface area contributed by atoms with Crippen molar-refractivity contribution in [1.29, 1.82) is 0 Å². The maximum absolute atomic E-state index is 13.2. The maximum atomic E-state index is 13.2. The molecule has 1 aliphatic heterocycles. The lowest BCUT2D eigenvalue weighted by Crippen LogP contribution is -2.46. The molecule has 2 aromatic rings. The van der Waals surface area contributed by atoms with E-state index in [0.29, 0.717) is 22.7 Å². The number of hydrogen-bond donors (Lipinski definition) is 3. The lowest BCUT2D eigenvalue weighted by Gasteiger charge is -2.31. The first-order chi connectivity index (χ1) is 13.3. The van der Waals surface area contributed by atoms with E-state index < -0.39 is 6.04 Å². The van der Waals surface area contributed by atoms with Crippen LogP contribution in [0.1, 0.15) is 35.2 Å². The lowest BCUT2D eigenvalue weighted by molar-refractivity contribution is -0.113. The van der Waals surface area contributed by atoms with Crippen LogP contribution < -0.4 is 20.7 Å². The summed E-state index contributed by atoms with van der Waals surface area (Å²) in [5.74, 6) is 0.278. The second-order valence-corrected chi connectivity index (χ2v) is 7.04. The number of aryl methyl sites for hydroxylation is 3. The Morgan fingerprint density at radius 3 is 2.36 bits per heavy atom. The number of para-hydroxylation sites is 2. The summed E-state index contributed by atoms with van der Waals surface area (Å²) in [7, 11) is 1.56. The SMILES string of the molecule is COc1ccccc1NC(=O)C1=C(C)NC(=O)N[C@@H]1c1c(C)cc(C)cc1C. The average molecular weight is 379 g/mol. The van der Waals surface area contributed by atoms with E-state index in [9.17, 15) is 9.59 Å². The smallest absolute Gasteiger partial charge is 0.319 e. The van der Waals surface area contributed by atoms with E-state index in [1.54, 1.807) is 26.2 Å². The van der Waals surface area contributed by atoms with Gasteiger partial charge in [-0.1, -0.05) is 29.8 Å². The number of rotatable bonds is 4. The van der Waals surface area contributed by atoms with E-state index in [1.807, 2.05) is 32.9 Å². The number of anilines is 1. The van der Waals surface area contributed by atoms with Gasteiger partial charge in [-0.25, -0.2) is 4.79 Å².